The Bertz CT molecular complexity index is 724. The number of nitrogens with one attached hydrogen (secondary N) is 1. The summed E-state index contributed by atoms with van der Waals surface area (Å²) >= 11 is 9.23. The summed E-state index contributed by atoms with van der Waals surface area (Å²) < 4.78 is 2.62. The molecule has 0 bridgehead atoms. The van der Waals surface area contributed by atoms with Gasteiger partial charge in [0.25, 0.3) is 0 Å². The third-order valence-electron chi connectivity index (χ3n) is 2.64. The normalized spacial score (nSPS) is 10.5. The van der Waals surface area contributed by atoms with Crippen molar-refractivity contribution in [3.63, 3.8) is 0 Å². The second-order valence-electron chi connectivity index (χ2n) is 4.12. The molecule has 0 aliphatic heterocycles. The highest BCUT2D eigenvalue weighted by Gasteiger charge is 2.02. The lowest BCUT2D eigenvalue weighted by molar-refractivity contribution is 0.848. The van der Waals surface area contributed by atoms with E-state index < -0.39 is 0 Å². The van der Waals surface area contributed by atoms with Crippen molar-refractivity contribution in [3.8, 4) is 5.82 Å². The number of aromatic nitrogens is 3. The van der Waals surface area contributed by atoms with E-state index in [1.54, 1.807) is 10.9 Å². The quantitative estimate of drug-likeness (QED) is 0.761. The Balaban J connectivity index is 1.86. The van der Waals surface area contributed by atoms with Gasteiger partial charge in [-0.1, -0.05) is 17.7 Å². The van der Waals surface area contributed by atoms with Gasteiger partial charge in [-0.05, 0) is 52.3 Å². The Morgan fingerprint density at radius 2 is 1.90 bits per heavy atom. The summed E-state index contributed by atoms with van der Waals surface area (Å²) in [4.78, 5) is 4.51. The molecule has 2 aromatic heterocycles. The summed E-state index contributed by atoms with van der Waals surface area (Å²) in [6, 6.07) is 13.2. The van der Waals surface area contributed by atoms with Gasteiger partial charge in [-0.25, -0.2) is 9.67 Å². The molecule has 20 heavy (non-hydrogen) atoms. The predicted molar refractivity (Wildman–Crippen MR) is 83.8 cm³/mol. The van der Waals surface area contributed by atoms with Crippen molar-refractivity contribution in [2.24, 2.45) is 0 Å². The SMILES string of the molecule is Clc1ccc(Nc2cccc(-n3cc(Br)cn3)n2)cc1. The Kier molecular flexibility index (Phi) is 3.71. The van der Waals surface area contributed by atoms with E-state index in [2.05, 4.69) is 31.3 Å². The molecule has 2 heterocycles. The fourth-order valence-electron chi connectivity index (χ4n) is 1.73. The van der Waals surface area contributed by atoms with Gasteiger partial charge >= 0.3 is 0 Å². The smallest absolute Gasteiger partial charge is 0.155 e. The maximum atomic E-state index is 5.86. The van der Waals surface area contributed by atoms with E-state index >= 15 is 0 Å². The van der Waals surface area contributed by atoms with Crippen LogP contribution < -0.4 is 5.32 Å². The van der Waals surface area contributed by atoms with Crippen LogP contribution in [0.5, 0.6) is 0 Å². The summed E-state index contributed by atoms with van der Waals surface area (Å²) in [7, 11) is 0. The van der Waals surface area contributed by atoms with E-state index in [4.69, 9.17) is 11.6 Å². The van der Waals surface area contributed by atoms with Gasteiger partial charge in [0.05, 0.1) is 10.7 Å². The second-order valence-corrected chi connectivity index (χ2v) is 5.47. The third kappa shape index (κ3) is 3.00. The highest BCUT2D eigenvalue weighted by Crippen LogP contribution is 2.19. The molecule has 0 spiro atoms. The van der Waals surface area contributed by atoms with Gasteiger partial charge in [0.15, 0.2) is 5.82 Å². The molecule has 3 aromatic rings. The largest absolute Gasteiger partial charge is 0.340 e. The Hall–Kier alpha value is -1.85. The van der Waals surface area contributed by atoms with E-state index in [0.29, 0.717) is 5.02 Å². The number of pyridine rings is 1. The molecule has 3 rings (SSSR count). The molecule has 0 amide bonds. The number of hydrogen-bond donors (Lipinski definition) is 1. The minimum Gasteiger partial charge on any atom is -0.340 e. The first-order valence-electron chi connectivity index (χ1n) is 5.91. The molecule has 100 valence electrons. The maximum Gasteiger partial charge on any atom is 0.155 e. The van der Waals surface area contributed by atoms with Crippen LogP contribution in [0.4, 0.5) is 11.5 Å². The zero-order chi connectivity index (χ0) is 13.9. The highest BCUT2D eigenvalue weighted by molar-refractivity contribution is 9.10. The van der Waals surface area contributed by atoms with E-state index in [-0.39, 0.29) is 0 Å². The lowest BCUT2D eigenvalue weighted by Gasteiger charge is -2.07. The fraction of sp³-hybridized carbons (Fsp3) is 0. The van der Waals surface area contributed by atoms with Gasteiger partial charge in [-0.15, -0.1) is 0 Å². The molecule has 0 unspecified atom stereocenters. The molecule has 0 saturated heterocycles. The predicted octanol–water partition coefficient (Wildman–Crippen LogP) is 4.43. The van der Waals surface area contributed by atoms with Crippen molar-refractivity contribution in [3.05, 3.63) is 64.4 Å². The minimum atomic E-state index is 0.707. The first-order chi connectivity index (χ1) is 9.70. The van der Waals surface area contributed by atoms with Crippen LogP contribution in [-0.4, -0.2) is 14.8 Å². The van der Waals surface area contributed by atoms with Crippen molar-refractivity contribution in [2.45, 2.75) is 0 Å². The van der Waals surface area contributed by atoms with Crippen molar-refractivity contribution in [2.75, 3.05) is 5.32 Å². The minimum absolute atomic E-state index is 0.707. The first kappa shape index (κ1) is 13.1. The van der Waals surface area contributed by atoms with Crippen LogP contribution in [0.15, 0.2) is 59.3 Å². The monoisotopic (exact) mass is 348 g/mol. The summed E-state index contributed by atoms with van der Waals surface area (Å²) in [5, 5.41) is 8.14. The summed E-state index contributed by atoms with van der Waals surface area (Å²) in [5.41, 5.74) is 0.931. The molecule has 0 radical (unpaired) electrons. The van der Waals surface area contributed by atoms with Crippen LogP contribution >= 0.6 is 27.5 Å². The molecule has 6 heteroatoms. The molecule has 0 saturated carbocycles. The lowest BCUT2D eigenvalue weighted by atomic mass is 10.3. The summed E-state index contributed by atoms with van der Waals surface area (Å²) in [6.45, 7) is 0. The molecule has 1 N–H and O–H groups in total. The van der Waals surface area contributed by atoms with Crippen LogP contribution in [0.2, 0.25) is 5.02 Å². The first-order valence-corrected chi connectivity index (χ1v) is 7.08. The van der Waals surface area contributed by atoms with Crippen LogP contribution in [0.1, 0.15) is 0 Å². The zero-order valence-electron chi connectivity index (χ0n) is 10.3. The van der Waals surface area contributed by atoms with Crippen LogP contribution in [-0.2, 0) is 0 Å². The number of benzene rings is 1. The third-order valence-corrected chi connectivity index (χ3v) is 3.30. The van der Waals surface area contributed by atoms with Crippen molar-refractivity contribution in [1.82, 2.24) is 14.8 Å². The Labute approximate surface area is 129 Å². The maximum absolute atomic E-state index is 5.86. The van der Waals surface area contributed by atoms with Crippen LogP contribution in [0, 0.1) is 0 Å². The second kappa shape index (κ2) is 5.64. The number of rotatable bonds is 3. The van der Waals surface area contributed by atoms with Gasteiger partial charge in [-0.2, -0.15) is 5.10 Å². The molecule has 0 aliphatic carbocycles. The van der Waals surface area contributed by atoms with Gasteiger partial charge in [0, 0.05) is 16.9 Å². The van der Waals surface area contributed by atoms with Crippen molar-refractivity contribution in [1.29, 1.82) is 0 Å². The lowest BCUT2D eigenvalue weighted by Crippen LogP contribution is -2.00. The number of nitrogens with zero attached hydrogens (tertiary/aromatic N) is 3. The van der Waals surface area contributed by atoms with Crippen LogP contribution in [0.25, 0.3) is 5.82 Å². The topological polar surface area (TPSA) is 42.7 Å². The average molecular weight is 350 g/mol. The molecular formula is C14H10BrClN4. The molecule has 0 fully saturated rings. The van der Waals surface area contributed by atoms with Crippen molar-refractivity contribution >= 4 is 39.0 Å². The summed E-state index contributed by atoms with van der Waals surface area (Å²) in [5.74, 6) is 1.49. The fourth-order valence-corrected chi connectivity index (χ4v) is 2.14. The molecule has 0 atom stereocenters. The van der Waals surface area contributed by atoms with Gasteiger partial charge in [-0.3, -0.25) is 0 Å². The Morgan fingerprint density at radius 3 is 2.60 bits per heavy atom. The molecular weight excluding hydrogens is 340 g/mol. The van der Waals surface area contributed by atoms with E-state index in [9.17, 15) is 0 Å². The Morgan fingerprint density at radius 1 is 1.10 bits per heavy atom. The number of anilines is 2. The van der Waals surface area contributed by atoms with Gasteiger partial charge < -0.3 is 5.32 Å². The van der Waals surface area contributed by atoms with Gasteiger partial charge in [0.1, 0.15) is 5.82 Å². The molecule has 1 aromatic carbocycles. The summed E-state index contributed by atoms with van der Waals surface area (Å²) in [6.07, 6.45) is 3.58. The van der Waals surface area contributed by atoms with Crippen molar-refractivity contribution < 1.29 is 0 Å². The van der Waals surface area contributed by atoms with E-state index in [0.717, 1.165) is 21.8 Å². The number of hydrogen-bond acceptors (Lipinski definition) is 3. The van der Waals surface area contributed by atoms with Gasteiger partial charge in [0.2, 0.25) is 0 Å². The average Bonchev–Trinajstić information content (AvgIpc) is 2.89. The standard InChI is InChI=1S/C14H10BrClN4/c15-10-8-17-20(9-10)14-3-1-2-13(19-14)18-12-6-4-11(16)5-7-12/h1-9H,(H,18,19). The van der Waals surface area contributed by atoms with Crippen LogP contribution in [0.3, 0.4) is 0 Å². The highest BCUT2D eigenvalue weighted by atomic mass is 79.9. The zero-order valence-corrected chi connectivity index (χ0v) is 12.6. The van der Waals surface area contributed by atoms with E-state index in [1.807, 2.05) is 48.7 Å². The number of halogens is 2. The molecule has 0 aliphatic rings. The molecule has 4 nitrogen and oxygen atoms in total. The van der Waals surface area contributed by atoms with E-state index in [1.165, 1.54) is 0 Å².